The summed E-state index contributed by atoms with van der Waals surface area (Å²) in [6, 6.07) is 8.81. The van der Waals surface area contributed by atoms with Crippen molar-refractivity contribution in [3.63, 3.8) is 0 Å². The van der Waals surface area contributed by atoms with Gasteiger partial charge in [0.25, 0.3) is 0 Å². The Morgan fingerprint density at radius 2 is 2.08 bits per heavy atom. The Labute approximate surface area is 150 Å². The monoisotopic (exact) mass is 361 g/mol. The molecule has 1 aliphatic rings. The van der Waals surface area contributed by atoms with Crippen molar-refractivity contribution in [1.29, 1.82) is 0 Å². The van der Waals surface area contributed by atoms with E-state index in [1.54, 1.807) is 6.07 Å². The molecule has 0 amide bonds. The Bertz CT molecular complexity index is 751. The molecule has 0 fully saturated rings. The van der Waals surface area contributed by atoms with Gasteiger partial charge in [-0.05, 0) is 36.3 Å². The van der Waals surface area contributed by atoms with E-state index in [1.165, 1.54) is 12.1 Å². The Morgan fingerprint density at radius 3 is 2.76 bits per heavy atom. The molecule has 0 spiro atoms. The summed E-state index contributed by atoms with van der Waals surface area (Å²) in [6.07, 6.45) is 0. The van der Waals surface area contributed by atoms with Gasteiger partial charge in [-0.2, -0.15) is 5.10 Å². The number of fused-ring (bicyclic) bond motifs is 1. The van der Waals surface area contributed by atoms with Crippen molar-refractivity contribution < 1.29 is 8.82 Å². The molecule has 1 N–H and O–H groups in total. The largest absolute Gasteiger partial charge is 0.415 e. The molecule has 1 unspecified atom stereocenters. The van der Waals surface area contributed by atoms with Gasteiger partial charge in [0.05, 0.1) is 24.0 Å². The second kappa shape index (κ2) is 6.66. The van der Waals surface area contributed by atoms with Crippen LogP contribution in [-0.4, -0.2) is 31.2 Å². The van der Waals surface area contributed by atoms with Gasteiger partial charge in [-0.15, -0.1) is 0 Å². The predicted octanol–water partition coefficient (Wildman–Crippen LogP) is 4.36. The number of aromatic nitrogens is 2. The number of nitrogens with one attached hydrogen (secondary N) is 1. The summed E-state index contributed by atoms with van der Waals surface area (Å²) in [7, 11) is -1.79. The molecule has 4 nitrogen and oxygen atoms in total. The van der Waals surface area contributed by atoms with E-state index in [4.69, 9.17) is 9.52 Å². The average Bonchev–Trinajstić information content (AvgIpc) is 2.96. The van der Waals surface area contributed by atoms with Gasteiger partial charge >= 0.3 is 0 Å². The van der Waals surface area contributed by atoms with Gasteiger partial charge in [0.2, 0.25) is 0 Å². The van der Waals surface area contributed by atoms with E-state index in [9.17, 15) is 4.39 Å². The first kappa shape index (κ1) is 18.3. The lowest BCUT2D eigenvalue weighted by Crippen LogP contribution is -2.44. The molecule has 3 rings (SSSR count). The fourth-order valence-corrected chi connectivity index (χ4v) is 3.82. The number of hydrogen-bond acceptors (Lipinski definition) is 3. The summed E-state index contributed by atoms with van der Waals surface area (Å²) >= 11 is 0. The van der Waals surface area contributed by atoms with Gasteiger partial charge in [-0.1, -0.05) is 32.9 Å². The minimum absolute atomic E-state index is 0.167. The smallest absolute Gasteiger partial charge is 0.192 e. The molecule has 1 aliphatic heterocycles. The number of halogens is 1. The summed E-state index contributed by atoms with van der Waals surface area (Å²) < 4.78 is 22.0. The van der Waals surface area contributed by atoms with Crippen molar-refractivity contribution in [2.45, 2.75) is 51.5 Å². The highest BCUT2D eigenvalue weighted by Crippen LogP contribution is 2.37. The highest BCUT2D eigenvalue weighted by Gasteiger charge is 2.38. The fraction of sp³-hybridized carbons (Fsp3) is 0.526. The summed E-state index contributed by atoms with van der Waals surface area (Å²) in [5.41, 5.74) is 2.75. The Hall–Kier alpha value is -1.50. The third-order valence-corrected chi connectivity index (χ3v) is 9.91. The molecule has 0 saturated heterocycles. The normalized spacial score (nSPS) is 18.2. The standard InChI is InChI=1S/C19H28FN3OSi/c1-19(2,3)25(4,5)24-13-17-12-21-11-16-10-18(22-23(16)17)14-7-6-8-15(20)9-14/h6-10,17,21H,11-13H2,1-5H3. The van der Waals surface area contributed by atoms with Gasteiger partial charge in [0, 0.05) is 18.7 Å². The maximum Gasteiger partial charge on any atom is 0.192 e. The lowest BCUT2D eigenvalue weighted by atomic mass is 10.1. The summed E-state index contributed by atoms with van der Waals surface area (Å²) in [4.78, 5) is 0. The van der Waals surface area contributed by atoms with E-state index in [0.717, 1.165) is 30.0 Å². The average molecular weight is 362 g/mol. The van der Waals surface area contributed by atoms with Gasteiger partial charge in [0.1, 0.15) is 5.82 Å². The molecule has 1 atom stereocenters. The zero-order valence-corrected chi connectivity index (χ0v) is 16.8. The Balaban J connectivity index is 1.80. The highest BCUT2D eigenvalue weighted by atomic mass is 28.4. The molecule has 0 radical (unpaired) electrons. The van der Waals surface area contributed by atoms with Crippen molar-refractivity contribution in [1.82, 2.24) is 15.1 Å². The molecule has 2 heterocycles. The second-order valence-corrected chi connectivity index (χ2v) is 13.1. The first-order valence-corrected chi connectivity index (χ1v) is 11.8. The number of rotatable bonds is 4. The Morgan fingerprint density at radius 1 is 1.32 bits per heavy atom. The van der Waals surface area contributed by atoms with Crippen LogP contribution in [0.2, 0.25) is 18.1 Å². The van der Waals surface area contributed by atoms with Crippen LogP contribution < -0.4 is 5.32 Å². The van der Waals surface area contributed by atoms with Crippen LogP contribution in [0.5, 0.6) is 0 Å². The van der Waals surface area contributed by atoms with Gasteiger partial charge in [-0.25, -0.2) is 4.39 Å². The van der Waals surface area contributed by atoms with Crippen LogP contribution in [0.25, 0.3) is 11.3 Å². The predicted molar refractivity (Wildman–Crippen MR) is 102 cm³/mol. The van der Waals surface area contributed by atoms with E-state index >= 15 is 0 Å². The third-order valence-electron chi connectivity index (χ3n) is 5.41. The van der Waals surface area contributed by atoms with Gasteiger partial charge in [-0.3, -0.25) is 4.68 Å². The van der Waals surface area contributed by atoms with Crippen LogP contribution in [0.3, 0.4) is 0 Å². The molecule has 2 aromatic rings. The minimum Gasteiger partial charge on any atom is -0.415 e. The fourth-order valence-electron chi connectivity index (χ4n) is 2.77. The maximum absolute atomic E-state index is 13.5. The zero-order chi connectivity index (χ0) is 18.2. The van der Waals surface area contributed by atoms with Crippen LogP contribution in [0, 0.1) is 5.82 Å². The van der Waals surface area contributed by atoms with Crippen LogP contribution in [0.4, 0.5) is 4.39 Å². The van der Waals surface area contributed by atoms with Gasteiger partial charge < -0.3 is 9.74 Å². The minimum atomic E-state index is -1.79. The molecular weight excluding hydrogens is 333 g/mol. The summed E-state index contributed by atoms with van der Waals surface area (Å²) in [6.45, 7) is 13.6. The topological polar surface area (TPSA) is 39.1 Å². The third kappa shape index (κ3) is 3.86. The number of benzene rings is 1. The molecule has 25 heavy (non-hydrogen) atoms. The number of nitrogens with zero attached hydrogens (tertiary/aromatic N) is 2. The summed E-state index contributed by atoms with van der Waals surface area (Å²) in [5, 5.41) is 8.38. The lowest BCUT2D eigenvalue weighted by molar-refractivity contribution is 0.203. The Kier molecular flexibility index (Phi) is 4.88. The zero-order valence-electron chi connectivity index (χ0n) is 15.8. The molecule has 6 heteroatoms. The first-order valence-electron chi connectivity index (χ1n) is 8.86. The number of hydrogen-bond donors (Lipinski definition) is 1. The van der Waals surface area contributed by atoms with E-state index in [-0.39, 0.29) is 16.9 Å². The first-order chi connectivity index (χ1) is 11.7. The quantitative estimate of drug-likeness (QED) is 0.823. The molecule has 1 aromatic carbocycles. The molecule has 0 aliphatic carbocycles. The van der Waals surface area contributed by atoms with E-state index in [0.29, 0.717) is 6.61 Å². The summed E-state index contributed by atoms with van der Waals surface area (Å²) in [5.74, 6) is -0.237. The lowest BCUT2D eigenvalue weighted by Gasteiger charge is -2.38. The van der Waals surface area contributed by atoms with Crippen molar-refractivity contribution >= 4 is 8.32 Å². The maximum atomic E-state index is 13.5. The van der Waals surface area contributed by atoms with Crippen LogP contribution in [0.15, 0.2) is 30.3 Å². The van der Waals surface area contributed by atoms with E-state index in [2.05, 4.69) is 43.9 Å². The SMILES string of the molecule is CC(C)(C)[Si](C)(C)OCC1CNCc2cc(-c3cccc(F)c3)nn21. The van der Waals surface area contributed by atoms with Crippen molar-refractivity contribution in [2.75, 3.05) is 13.2 Å². The molecular formula is C19H28FN3OSi. The molecule has 0 bridgehead atoms. The van der Waals surface area contributed by atoms with Crippen molar-refractivity contribution in [3.05, 3.63) is 41.8 Å². The molecule has 1 aromatic heterocycles. The van der Waals surface area contributed by atoms with Crippen LogP contribution in [-0.2, 0) is 11.0 Å². The van der Waals surface area contributed by atoms with Crippen LogP contribution in [0.1, 0.15) is 32.5 Å². The van der Waals surface area contributed by atoms with Crippen molar-refractivity contribution in [3.8, 4) is 11.3 Å². The molecule has 136 valence electrons. The van der Waals surface area contributed by atoms with Crippen molar-refractivity contribution in [2.24, 2.45) is 0 Å². The second-order valence-electron chi connectivity index (χ2n) is 8.33. The van der Waals surface area contributed by atoms with Crippen LogP contribution >= 0.6 is 0 Å². The van der Waals surface area contributed by atoms with Gasteiger partial charge in [0.15, 0.2) is 8.32 Å². The molecule has 0 saturated carbocycles. The highest BCUT2D eigenvalue weighted by molar-refractivity contribution is 6.74. The van der Waals surface area contributed by atoms with E-state index < -0.39 is 8.32 Å². The van der Waals surface area contributed by atoms with E-state index in [1.807, 2.05) is 12.1 Å².